The summed E-state index contributed by atoms with van der Waals surface area (Å²) >= 11 is 3.10. The zero-order valence-electron chi connectivity index (χ0n) is 13.4. The van der Waals surface area contributed by atoms with Crippen LogP contribution in [-0.2, 0) is 4.79 Å². The first kappa shape index (κ1) is 18.1. The fraction of sp³-hybridized carbons (Fsp3) is 0.176. The molecule has 7 heteroatoms. The molecule has 0 spiro atoms. The molecule has 0 saturated carbocycles. The second kappa shape index (κ2) is 9.14. The van der Waals surface area contributed by atoms with Gasteiger partial charge in [0.05, 0.1) is 10.2 Å². The van der Waals surface area contributed by atoms with Crippen molar-refractivity contribution in [1.29, 1.82) is 0 Å². The Labute approximate surface area is 148 Å². The van der Waals surface area contributed by atoms with Crippen LogP contribution in [0.5, 0.6) is 5.19 Å². The molecule has 0 saturated heterocycles. The van der Waals surface area contributed by atoms with E-state index in [-0.39, 0.29) is 6.61 Å². The third kappa shape index (κ3) is 5.43. The van der Waals surface area contributed by atoms with Crippen molar-refractivity contribution >= 4 is 45.0 Å². The van der Waals surface area contributed by atoms with Gasteiger partial charge in [0.2, 0.25) is 0 Å². The smallest absolute Gasteiger partial charge is 0.341 e. The van der Waals surface area contributed by atoms with Crippen molar-refractivity contribution in [2.24, 2.45) is 0 Å². The molecule has 2 N–H and O–H groups in total. The largest absolute Gasteiger partial charge is 0.479 e. The van der Waals surface area contributed by atoms with Crippen LogP contribution in [0.3, 0.4) is 0 Å². The van der Waals surface area contributed by atoms with E-state index in [0.717, 1.165) is 10.2 Å². The standard InChI is InChI=1S/C9H7NO3S.C8H11NS/c11-8(12)5-13-9-10-6-3-1-2-4-7(6)14-9;1-9-7-4-3-5-8(6-7)10-2/h1-4H,5H2,(H,11,12);3-6,9H,1-2H3. The molecule has 0 fully saturated rings. The summed E-state index contributed by atoms with van der Waals surface area (Å²) in [6, 6.07) is 15.9. The van der Waals surface area contributed by atoms with Crippen LogP contribution in [0, 0.1) is 0 Å². The first-order valence-corrected chi connectivity index (χ1v) is 9.18. The first-order chi connectivity index (χ1) is 11.6. The number of carboxylic acids is 1. The third-order valence-electron chi connectivity index (χ3n) is 2.95. The zero-order valence-corrected chi connectivity index (χ0v) is 15.0. The number of nitrogens with one attached hydrogen (secondary N) is 1. The Bertz CT molecular complexity index is 753. The average molecular weight is 362 g/mol. The number of benzene rings is 2. The minimum atomic E-state index is -0.996. The summed E-state index contributed by atoms with van der Waals surface area (Å²) < 4.78 is 5.95. The summed E-state index contributed by atoms with van der Waals surface area (Å²) in [5, 5.41) is 11.9. The van der Waals surface area contributed by atoms with Crippen LogP contribution in [0.2, 0.25) is 0 Å². The van der Waals surface area contributed by atoms with Gasteiger partial charge in [-0.15, -0.1) is 11.8 Å². The van der Waals surface area contributed by atoms with Crippen molar-refractivity contribution in [3.05, 3.63) is 48.5 Å². The Hall–Kier alpha value is -2.25. The number of thiazole rings is 1. The molecule has 3 rings (SSSR count). The second-order valence-electron chi connectivity index (χ2n) is 4.61. The predicted molar refractivity (Wildman–Crippen MR) is 101 cm³/mol. The molecule has 3 aromatic rings. The van der Waals surface area contributed by atoms with E-state index in [2.05, 4.69) is 40.8 Å². The van der Waals surface area contributed by atoms with E-state index in [1.165, 1.54) is 21.9 Å². The van der Waals surface area contributed by atoms with E-state index >= 15 is 0 Å². The monoisotopic (exact) mass is 362 g/mol. The Morgan fingerprint density at radius 3 is 2.75 bits per heavy atom. The summed E-state index contributed by atoms with van der Waals surface area (Å²) in [6.45, 7) is -0.347. The van der Waals surface area contributed by atoms with Gasteiger partial charge in [-0.25, -0.2) is 9.78 Å². The highest BCUT2D eigenvalue weighted by Gasteiger charge is 2.05. The van der Waals surface area contributed by atoms with E-state index in [1.807, 2.05) is 31.3 Å². The lowest BCUT2D eigenvalue weighted by Crippen LogP contribution is -2.08. The summed E-state index contributed by atoms with van der Waals surface area (Å²) in [5.41, 5.74) is 2.00. The second-order valence-corrected chi connectivity index (χ2v) is 6.48. The molecule has 24 heavy (non-hydrogen) atoms. The minimum Gasteiger partial charge on any atom is -0.479 e. The molecule has 1 heterocycles. The van der Waals surface area contributed by atoms with Crippen LogP contribution >= 0.6 is 23.1 Å². The van der Waals surface area contributed by atoms with Crippen molar-refractivity contribution < 1.29 is 14.6 Å². The van der Waals surface area contributed by atoms with Crippen molar-refractivity contribution in [1.82, 2.24) is 4.98 Å². The molecule has 0 unspecified atom stereocenters. The number of rotatable bonds is 5. The average Bonchev–Trinajstić information content (AvgIpc) is 3.03. The summed E-state index contributed by atoms with van der Waals surface area (Å²) in [5.74, 6) is -0.996. The number of anilines is 1. The van der Waals surface area contributed by atoms with E-state index in [9.17, 15) is 4.79 Å². The quantitative estimate of drug-likeness (QED) is 0.663. The number of carbonyl (C=O) groups is 1. The molecule has 0 atom stereocenters. The van der Waals surface area contributed by atoms with Crippen molar-refractivity contribution in [2.75, 3.05) is 25.2 Å². The Morgan fingerprint density at radius 2 is 2.08 bits per heavy atom. The number of hydrogen-bond donors (Lipinski definition) is 2. The van der Waals surface area contributed by atoms with Crippen LogP contribution in [0.4, 0.5) is 5.69 Å². The number of hydrogen-bond acceptors (Lipinski definition) is 6. The Balaban J connectivity index is 0.000000185. The Morgan fingerprint density at radius 1 is 1.29 bits per heavy atom. The molecule has 2 aromatic carbocycles. The Kier molecular flexibility index (Phi) is 6.89. The highest BCUT2D eigenvalue weighted by atomic mass is 32.2. The van der Waals surface area contributed by atoms with Gasteiger partial charge in [-0.05, 0) is 36.6 Å². The van der Waals surface area contributed by atoms with Gasteiger partial charge in [0.15, 0.2) is 6.61 Å². The van der Waals surface area contributed by atoms with Crippen molar-refractivity contribution in [3.63, 3.8) is 0 Å². The van der Waals surface area contributed by atoms with Gasteiger partial charge in [-0.1, -0.05) is 29.5 Å². The zero-order chi connectivity index (χ0) is 17.4. The summed E-state index contributed by atoms with van der Waals surface area (Å²) in [4.78, 5) is 15.7. The number of ether oxygens (including phenoxy) is 1. The molecular weight excluding hydrogens is 344 g/mol. The molecule has 0 radical (unpaired) electrons. The molecule has 0 aliphatic carbocycles. The number of aliphatic carboxylic acids is 1. The van der Waals surface area contributed by atoms with Crippen LogP contribution in [0.15, 0.2) is 53.4 Å². The lowest BCUT2D eigenvalue weighted by molar-refractivity contribution is -0.139. The lowest BCUT2D eigenvalue weighted by Gasteiger charge is -2.00. The minimum absolute atomic E-state index is 0.347. The number of para-hydroxylation sites is 1. The van der Waals surface area contributed by atoms with Gasteiger partial charge in [0.1, 0.15) is 0 Å². The fourth-order valence-corrected chi connectivity index (χ4v) is 3.09. The van der Waals surface area contributed by atoms with Crippen molar-refractivity contribution in [2.45, 2.75) is 4.90 Å². The predicted octanol–water partition coefficient (Wildman–Crippen LogP) is 4.21. The molecule has 0 amide bonds. The third-order valence-corrected chi connectivity index (χ3v) is 4.63. The number of carboxylic acid groups (broad SMARTS) is 1. The highest BCUT2D eigenvalue weighted by molar-refractivity contribution is 7.98. The molecular formula is C17H18N2O3S2. The van der Waals surface area contributed by atoms with Gasteiger partial charge in [-0.2, -0.15) is 0 Å². The van der Waals surface area contributed by atoms with E-state index < -0.39 is 5.97 Å². The van der Waals surface area contributed by atoms with Gasteiger partial charge in [0, 0.05) is 17.6 Å². The summed E-state index contributed by atoms with van der Waals surface area (Å²) in [7, 11) is 1.93. The van der Waals surface area contributed by atoms with Gasteiger partial charge in [-0.3, -0.25) is 0 Å². The van der Waals surface area contributed by atoms with Crippen LogP contribution in [-0.4, -0.2) is 36.0 Å². The van der Waals surface area contributed by atoms with E-state index in [1.54, 1.807) is 11.8 Å². The maximum atomic E-state index is 10.2. The molecule has 0 bridgehead atoms. The first-order valence-electron chi connectivity index (χ1n) is 7.14. The van der Waals surface area contributed by atoms with Crippen LogP contribution in [0.1, 0.15) is 0 Å². The van der Waals surface area contributed by atoms with Gasteiger partial charge in [0.25, 0.3) is 5.19 Å². The fourth-order valence-electron chi connectivity index (χ4n) is 1.81. The molecule has 5 nitrogen and oxygen atoms in total. The van der Waals surface area contributed by atoms with Crippen LogP contribution in [0.25, 0.3) is 10.2 Å². The highest BCUT2D eigenvalue weighted by Crippen LogP contribution is 2.27. The number of aromatic nitrogens is 1. The molecule has 0 aliphatic heterocycles. The maximum Gasteiger partial charge on any atom is 0.341 e. The molecule has 1 aromatic heterocycles. The van der Waals surface area contributed by atoms with E-state index in [0.29, 0.717) is 5.19 Å². The van der Waals surface area contributed by atoms with Gasteiger partial charge < -0.3 is 15.2 Å². The molecule has 126 valence electrons. The maximum absolute atomic E-state index is 10.2. The molecule has 0 aliphatic rings. The lowest BCUT2D eigenvalue weighted by atomic mass is 10.3. The number of nitrogens with zero attached hydrogens (tertiary/aromatic N) is 1. The number of thioether (sulfide) groups is 1. The van der Waals surface area contributed by atoms with Crippen molar-refractivity contribution in [3.8, 4) is 5.19 Å². The SMILES string of the molecule is CNc1cccc(SC)c1.O=C(O)COc1nc2ccccc2s1. The normalized spacial score (nSPS) is 9.92. The topological polar surface area (TPSA) is 71.5 Å². The number of fused-ring (bicyclic) bond motifs is 1. The summed E-state index contributed by atoms with van der Waals surface area (Å²) in [6.07, 6.45) is 2.08. The van der Waals surface area contributed by atoms with E-state index in [4.69, 9.17) is 9.84 Å². The van der Waals surface area contributed by atoms with Gasteiger partial charge >= 0.3 is 5.97 Å². The van der Waals surface area contributed by atoms with Crippen LogP contribution < -0.4 is 10.1 Å².